The molecule has 18 heavy (non-hydrogen) atoms. The lowest BCUT2D eigenvalue weighted by Gasteiger charge is -2.29. The third-order valence-corrected chi connectivity index (χ3v) is 4.55. The van der Waals surface area contributed by atoms with Gasteiger partial charge in [-0.25, -0.2) is 0 Å². The van der Waals surface area contributed by atoms with Crippen LogP contribution in [0.3, 0.4) is 0 Å². The van der Waals surface area contributed by atoms with Crippen molar-refractivity contribution in [2.75, 3.05) is 0 Å². The molecule has 1 atom stereocenters. The number of carbonyl (C=O) groups excluding carboxylic acids is 1. The summed E-state index contributed by atoms with van der Waals surface area (Å²) in [6.07, 6.45) is 6.32. The van der Waals surface area contributed by atoms with Gasteiger partial charge in [0.05, 0.1) is 5.41 Å². The van der Waals surface area contributed by atoms with E-state index in [9.17, 15) is 4.79 Å². The summed E-state index contributed by atoms with van der Waals surface area (Å²) in [5.74, 6) is 0.985. The molecule has 0 spiro atoms. The molecule has 0 heterocycles. The first-order valence-corrected chi connectivity index (χ1v) is 7.28. The number of Topliss-reactive ketones (excluding diaryl/α,β-unsaturated/α-hetero) is 1. The molecular formula is C17H24O. The van der Waals surface area contributed by atoms with E-state index < -0.39 is 0 Å². The number of ketones is 1. The van der Waals surface area contributed by atoms with Crippen molar-refractivity contribution in [3.8, 4) is 0 Å². The van der Waals surface area contributed by atoms with Crippen molar-refractivity contribution < 1.29 is 4.79 Å². The molecule has 1 saturated carbocycles. The number of carbonyl (C=O) groups is 1. The summed E-state index contributed by atoms with van der Waals surface area (Å²) >= 11 is 0. The summed E-state index contributed by atoms with van der Waals surface area (Å²) in [5, 5.41) is 0. The Morgan fingerprint density at radius 3 is 2.39 bits per heavy atom. The molecule has 2 rings (SSSR count). The van der Waals surface area contributed by atoms with Crippen molar-refractivity contribution >= 4 is 5.78 Å². The Bertz CT molecular complexity index is 387. The molecule has 1 heteroatoms. The zero-order valence-electron chi connectivity index (χ0n) is 11.6. The van der Waals surface area contributed by atoms with Crippen LogP contribution in [0.2, 0.25) is 0 Å². The van der Waals surface area contributed by atoms with Crippen molar-refractivity contribution in [3.05, 3.63) is 35.9 Å². The molecule has 0 amide bonds. The molecule has 0 saturated heterocycles. The van der Waals surface area contributed by atoms with Crippen LogP contribution in [-0.4, -0.2) is 5.78 Å². The maximum atomic E-state index is 12.7. The Balaban J connectivity index is 2.25. The standard InChI is InChI=1S/C17H24O/c1-3-14(2)13-16(18)17(11-7-8-12-17)15-9-5-4-6-10-15/h4-6,9-10,14H,3,7-8,11-13H2,1-2H3. The minimum absolute atomic E-state index is 0.162. The van der Waals surface area contributed by atoms with E-state index in [1.165, 1.54) is 18.4 Å². The molecule has 1 unspecified atom stereocenters. The number of benzene rings is 1. The summed E-state index contributed by atoms with van der Waals surface area (Å²) in [6.45, 7) is 4.35. The highest BCUT2D eigenvalue weighted by Gasteiger charge is 2.41. The highest BCUT2D eigenvalue weighted by molar-refractivity contribution is 5.90. The number of hydrogen-bond acceptors (Lipinski definition) is 1. The minimum atomic E-state index is -0.162. The van der Waals surface area contributed by atoms with E-state index in [1.54, 1.807) is 0 Å². The van der Waals surface area contributed by atoms with Crippen molar-refractivity contribution in [2.24, 2.45) is 5.92 Å². The molecule has 1 aliphatic carbocycles. The van der Waals surface area contributed by atoms with Gasteiger partial charge >= 0.3 is 0 Å². The quantitative estimate of drug-likeness (QED) is 0.745. The molecule has 0 aliphatic heterocycles. The van der Waals surface area contributed by atoms with Gasteiger partial charge in [-0.15, -0.1) is 0 Å². The molecule has 1 nitrogen and oxygen atoms in total. The highest BCUT2D eigenvalue weighted by atomic mass is 16.1. The largest absolute Gasteiger partial charge is 0.299 e. The second-order valence-electron chi connectivity index (χ2n) is 5.80. The normalized spacial score (nSPS) is 19.7. The fraction of sp³-hybridized carbons (Fsp3) is 0.588. The molecule has 1 aliphatic rings. The van der Waals surface area contributed by atoms with E-state index in [4.69, 9.17) is 0 Å². The summed E-state index contributed by atoms with van der Waals surface area (Å²) < 4.78 is 0. The fourth-order valence-corrected chi connectivity index (χ4v) is 3.12. The fourth-order valence-electron chi connectivity index (χ4n) is 3.12. The van der Waals surface area contributed by atoms with Gasteiger partial charge < -0.3 is 0 Å². The maximum Gasteiger partial charge on any atom is 0.143 e. The van der Waals surface area contributed by atoms with E-state index in [0.29, 0.717) is 11.7 Å². The first-order valence-electron chi connectivity index (χ1n) is 7.28. The van der Waals surface area contributed by atoms with E-state index in [-0.39, 0.29) is 5.41 Å². The van der Waals surface area contributed by atoms with Crippen LogP contribution in [-0.2, 0) is 10.2 Å². The van der Waals surface area contributed by atoms with Crippen LogP contribution in [0.1, 0.15) is 57.9 Å². The van der Waals surface area contributed by atoms with E-state index >= 15 is 0 Å². The highest BCUT2D eigenvalue weighted by Crippen LogP contribution is 2.43. The SMILES string of the molecule is CCC(C)CC(=O)C1(c2ccccc2)CCCC1. The first kappa shape index (κ1) is 13.3. The summed E-state index contributed by atoms with van der Waals surface area (Å²) in [7, 11) is 0. The Hall–Kier alpha value is -1.11. The van der Waals surface area contributed by atoms with Gasteiger partial charge in [0, 0.05) is 6.42 Å². The molecular weight excluding hydrogens is 220 g/mol. The predicted molar refractivity (Wildman–Crippen MR) is 75.7 cm³/mol. The van der Waals surface area contributed by atoms with Crippen molar-refractivity contribution in [2.45, 2.75) is 57.8 Å². The number of rotatable bonds is 5. The van der Waals surface area contributed by atoms with Gasteiger partial charge in [-0.05, 0) is 24.3 Å². The van der Waals surface area contributed by atoms with Crippen LogP contribution in [0, 0.1) is 5.92 Å². The van der Waals surface area contributed by atoms with Crippen LogP contribution in [0.5, 0.6) is 0 Å². The molecule has 1 aromatic carbocycles. The zero-order chi connectivity index (χ0) is 13.0. The third kappa shape index (κ3) is 2.50. The second kappa shape index (κ2) is 5.69. The van der Waals surface area contributed by atoms with Gasteiger partial charge in [-0.2, -0.15) is 0 Å². The molecule has 98 valence electrons. The molecule has 0 bridgehead atoms. The monoisotopic (exact) mass is 244 g/mol. The van der Waals surface area contributed by atoms with E-state index in [1.807, 2.05) is 6.07 Å². The van der Waals surface area contributed by atoms with Crippen LogP contribution < -0.4 is 0 Å². The Labute approximate surface area is 111 Å². The lowest BCUT2D eigenvalue weighted by atomic mass is 9.73. The lowest BCUT2D eigenvalue weighted by Crippen LogP contribution is -2.33. The Morgan fingerprint density at radius 2 is 1.83 bits per heavy atom. The lowest BCUT2D eigenvalue weighted by molar-refractivity contribution is -0.125. The first-order chi connectivity index (χ1) is 8.69. The summed E-state index contributed by atoms with van der Waals surface area (Å²) in [4.78, 5) is 12.7. The number of hydrogen-bond donors (Lipinski definition) is 0. The average molecular weight is 244 g/mol. The maximum absolute atomic E-state index is 12.7. The Kier molecular flexibility index (Phi) is 4.21. The van der Waals surface area contributed by atoms with Crippen LogP contribution in [0.15, 0.2) is 30.3 Å². The van der Waals surface area contributed by atoms with E-state index in [2.05, 4.69) is 38.1 Å². The van der Waals surface area contributed by atoms with Gasteiger partial charge in [-0.1, -0.05) is 63.4 Å². The summed E-state index contributed by atoms with van der Waals surface area (Å²) in [5.41, 5.74) is 1.08. The van der Waals surface area contributed by atoms with Crippen molar-refractivity contribution in [3.63, 3.8) is 0 Å². The molecule has 0 N–H and O–H groups in total. The topological polar surface area (TPSA) is 17.1 Å². The van der Waals surface area contributed by atoms with Crippen molar-refractivity contribution in [1.29, 1.82) is 0 Å². The second-order valence-corrected chi connectivity index (χ2v) is 5.80. The summed E-state index contributed by atoms with van der Waals surface area (Å²) in [6, 6.07) is 10.4. The molecule has 0 radical (unpaired) electrons. The molecule has 1 aromatic rings. The van der Waals surface area contributed by atoms with Gasteiger partial charge in [0.15, 0.2) is 0 Å². The molecule has 1 fully saturated rings. The van der Waals surface area contributed by atoms with Crippen LogP contribution >= 0.6 is 0 Å². The Morgan fingerprint density at radius 1 is 1.22 bits per heavy atom. The van der Waals surface area contributed by atoms with Gasteiger partial charge in [0.25, 0.3) is 0 Å². The minimum Gasteiger partial charge on any atom is -0.299 e. The smallest absolute Gasteiger partial charge is 0.143 e. The third-order valence-electron chi connectivity index (χ3n) is 4.55. The van der Waals surface area contributed by atoms with Gasteiger partial charge in [-0.3, -0.25) is 4.79 Å². The van der Waals surface area contributed by atoms with Crippen molar-refractivity contribution in [1.82, 2.24) is 0 Å². The average Bonchev–Trinajstić information content (AvgIpc) is 2.90. The zero-order valence-corrected chi connectivity index (χ0v) is 11.6. The van der Waals surface area contributed by atoms with Gasteiger partial charge in [0.1, 0.15) is 5.78 Å². The van der Waals surface area contributed by atoms with Crippen LogP contribution in [0.25, 0.3) is 0 Å². The van der Waals surface area contributed by atoms with Crippen LogP contribution in [0.4, 0.5) is 0 Å². The molecule has 0 aromatic heterocycles. The van der Waals surface area contributed by atoms with E-state index in [0.717, 1.165) is 25.7 Å². The predicted octanol–water partition coefficient (Wildman–Crippen LogP) is 4.50. The van der Waals surface area contributed by atoms with Gasteiger partial charge in [0.2, 0.25) is 0 Å².